The molecule has 0 spiro atoms. The van der Waals surface area contributed by atoms with Gasteiger partial charge in [-0.15, -0.1) is 10.2 Å². The molecule has 5 aromatic rings. The zero-order valence-electron chi connectivity index (χ0n) is 19.0. The molecule has 8 heteroatoms. The topological polar surface area (TPSA) is 79.8 Å². The summed E-state index contributed by atoms with van der Waals surface area (Å²) < 4.78 is 7.40. The minimum atomic E-state index is -0.0846. The molecule has 2 aromatic carbocycles. The number of carbonyl (C=O) groups excluding carboxylic acids is 1. The Balaban J connectivity index is 1.46. The smallest absolute Gasteiger partial charge is 0.289 e. The second-order valence-electron chi connectivity index (χ2n) is 8.70. The number of aryl methyl sites for hydroxylation is 1. The van der Waals surface area contributed by atoms with Gasteiger partial charge in [0, 0.05) is 36.6 Å². The summed E-state index contributed by atoms with van der Waals surface area (Å²) in [6, 6.07) is 19.6. The molecule has 0 bridgehead atoms. The van der Waals surface area contributed by atoms with Crippen molar-refractivity contribution in [3.8, 4) is 11.4 Å². The highest BCUT2D eigenvalue weighted by molar-refractivity contribution is 5.94. The lowest BCUT2D eigenvalue weighted by Crippen LogP contribution is -2.54. The first-order valence-electron chi connectivity index (χ1n) is 11.4. The van der Waals surface area contributed by atoms with Crippen LogP contribution >= 0.6 is 0 Å². The first-order chi connectivity index (χ1) is 16.6. The van der Waals surface area contributed by atoms with Gasteiger partial charge in [0.15, 0.2) is 17.2 Å². The Kier molecular flexibility index (Phi) is 4.79. The van der Waals surface area contributed by atoms with Crippen LogP contribution in [0.3, 0.4) is 0 Å². The van der Waals surface area contributed by atoms with Crippen LogP contribution < -0.4 is 4.90 Å². The minimum absolute atomic E-state index is 0.0203. The number of rotatable bonds is 3. The Hall–Kier alpha value is -4.20. The van der Waals surface area contributed by atoms with Gasteiger partial charge in [0.1, 0.15) is 0 Å². The fourth-order valence-corrected chi connectivity index (χ4v) is 4.76. The van der Waals surface area contributed by atoms with Crippen LogP contribution in [0.5, 0.6) is 0 Å². The Morgan fingerprint density at radius 3 is 2.62 bits per heavy atom. The van der Waals surface area contributed by atoms with E-state index in [0.717, 1.165) is 39.4 Å². The number of carbonyl (C=O) groups is 1. The number of piperazine rings is 1. The SMILES string of the molecule is Cc1ccccc1-c1nnc2c3ccccc3nc(N3CCN(C(=O)c4ccco4)C(C)C3)n12. The third kappa shape index (κ3) is 3.22. The lowest BCUT2D eigenvalue weighted by atomic mass is 10.1. The van der Waals surface area contributed by atoms with Gasteiger partial charge in [-0.2, -0.15) is 0 Å². The number of hydrogen-bond acceptors (Lipinski definition) is 6. The van der Waals surface area contributed by atoms with Gasteiger partial charge in [-0.05, 0) is 43.7 Å². The molecule has 3 aromatic heterocycles. The first-order valence-corrected chi connectivity index (χ1v) is 11.4. The summed E-state index contributed by atoms with van der Waals surface area (Å²) >= 11 is 0. The molecule has 1 aliphatic heterocycles. The maximum Gasteiger partial charge on any atom is 0.289 e. The van der Waals surface area contributed by atoms with Crippen molar-refractivity contribution in [3.63, 3.8) is 0 Å². The highest BCUT2D eigenvalue weighted by atomic mass is 16.3. The van der Waals surface area contributed by atoms with E-state index >= 15 is 0 Å². The first kappa shape index (κ1) is 20.4. The van der Waals surface area contributed by atoms with Crippen LogP contribution in [0.4, 0.5) is 5.95 Å². The summed E-state index contributed by atoms with van der Waals surface area (Å²) in [5, 5.41) is 10.1. The molecule has 1 saturated heterocycles. The fourth-order valence-electron chi connectivity index (χ4n) is 4.76. The molecule has 1 atom stereocenters. The molecule has 1 aliphatic rings. The van der Waals surface area contributed by atoms with Gasteiger partial charge in [-0.3, -0.25) is 4.79 Å². The summed E-state index contributed by atoms with van der Waals surface area (Å²) in [7, 11) is 0. The maximum atomic E-state index is 12.9. The highest BCUT2D eigenvalue weighted by Crippen LogP contribution is 2.31. The van der Waals surface area contributed by atoms with E-state index in [1.165, 1.54) is 6.26 Å². The van der Waals surface area contributed by atoms with Gasteiger partial charge < -0.3 is 14.2 Å². The Morgan fingerprint density at radius 1 is 1.00 bits per heavy atom. The number of furan rings is 1. The summed E-state index contributed by atoms with van der Waals surface area (Å²) in [4.78, 5) is 22.1. The molecular weight excluding hydrogens is 428 g/mol. The molecule has 1 amide bonds. The van der Waals surface area contributed by atoms with Crippen LogP contribution in [0, 0.1) is 6.92 Å². The molecule has 34 heavy (non-hydrogen) atoms. The predicted octanol–water partition coefficient (Wildman–Crippen LogP) is 4.20. The third-order valence-electron chi connectivity index (χ3n) is 6.52. The van der Waals surface area contributed by atoms with Crippen LogP contribution in [0.15, 0.2) is 71.3 Å². The summed E-state index contributed by atoms with van der Waals surface area (Å²) in [6.07, 6.45) is 1.53. The van der Waals surface area contributed by atoms with E-state index in [0.29, 0.717) is 25.4 Å². The average molecular weight is 453 g/mol. The molecule has 1 fully saturated rings. The second kappa shape index (κ2) is 7.98. The van der Waals surface area contributed by atoms with Crippen molar-refractivity contribution >= 4 is 28.4 Å². The predicted molar refractivity (Wildman–Crippen MR) is 130 cm³/mol. The average Bonchev–Trinajstić information content (AvgIpc) is 3.54. The zero-order valence-corrected chi connectivity index (χ0v) is 19.0. The van der Waals surface area contributed by atoms with Gasteiger partial charge in [-0.1, -0.05) is 36.4 Å². The van der Waals surface area contributed by atoms with Crippen LogP contribution in [-0.4, -0.2) is 56.1 Å². The van der Waals surface area contributed by atoms with Crippen molar-refractivity contribution in [2.75, 3.05) is 24.5 Å². The summed E-state index contributed by atoms with van der Waals surface area (Å²) in [5.41, 5.74) is 3.79. The molecule has 0 N–H and O–H groups in total. The van der Waals surface area contributed by atoms with Gasteiger partial charge in [0.2, 0.25) is 5.95 Å². The number of fused-ring (bicyclic) bond motifs is 3. The third-order valence-corrected chi connectivity index (χ3v) is 6.52. The van der Waals surface area contributed by atoms with Gasteiger partial charge in [-0.25, -0.2) is 9.38 Å². The Morgan fingerprint density at radius 2 is 1.82 bits per heavy atom. The van der Waals surface area contributed by atoms with Crippen LogP contribution in [0.2, 0.25) is 0 Å². The van der Waals surface area contributed by atoms with Gasteiger partial charge >= 0.3 is 0 Å². The van der Waals surface area contributed by atoms with E-state index in [4.69, 9.17) is 9.40 Å². The molecule has 0 aliphatic carbocycles. The number of nitrogens with zero attached hydrogens (tertiary/aromatic N) is 6. The van der Waals surface area contributed by atoms with Crippen molar-refractivity contribution in [3.05, 3.63) is 78.3 Å². The number of aromatic nitrogens is 4. The number of benzene rings is 2. The van der Waals surface area contributed by atoms with Crippen LogP contribution in [-0.2, 0) is 0 Å². The van der Waals surface area contributed by atoms with E-state index in [-0.39, 0.29) is 11.9 Å². The molecule has 0 radical (unpaired) electrons. The van der Waals surface area contributed by atoms with E-state index < -0.39 is 0 Å². The van der Waals surface area contributed by atoms with E-state index in [1.807, 2.05) is 41.3 Å². The molecule has 170 valence electrons. The number of hydrogen-bond donors (Lipinski definition) is 0. The van der Waals surface area contributed by atoms with Crippen molar-refractivity contribution in [2.24, 2.45) is 0 Å². The molecule has 4 heterocycles. The van der Waals surface area contributed by atoms with Crippen LogP contribution in [0.1, 0.15) is 23.0 Å². The molecular formula is C26H24N6O2. The highest BCUT2D eigenvalue weighted by Gasteiger charge is 2.32. The van der Waals surface area contributed by atoms with Crippen molar-refractivity contribution in [1.29, 1.82) is 0 Å². The van der Waals surface area contributed by atoms with Crippen molar-refractivity contribution in [1.82, 2.24) is 24.5 Å². The van der Waals surface area contributed by atoms with Crippen LogP contribution in [0.25, 0.3) is 27.9 Å². The Labute approximate surface area is 196 Å². The standard InChI is InChI=1S/C26H24N6O2/c1-17-8-3-4-9-19(17)23-28-29-24-20-10-5-6-11-21(20)27-26(32(23)24)30-13-14-31(18(2)16-30)25(33)22-12-7-15-34-22/h3-12,15,18H,13-14,16H2,1-2H3. The molecule has 6 rings (SSSR count). The molecule has 0 saturated carbocycles. The van der Waals surface area contributed by atoms with Crippen molar-refractivity contribution in [2.45, 2.75) is 19.9 Å². The quantitative estimate of drug-likeness (QED) is 0.408. The monoisotopic (exact) mass is 452 g/mol. The van der Waals surface area contributed by atoms with Gasteiger partial charge in [0.25, 0.3) is 5.91 Å². The lowest BCUT2D eigenvalue weighted by molar-refractivity contribution is 0.0640. The lowest BCUT2D eigenvalue weighted by Gasteiger charge is -2.40. The largest absolute Gasteiger partial charge is 0.459 e. The number of anilines is 1. The fraction of sp³-hybridized carbons (Fsp3) is 0.231. The summed E-state index contributed by atoms with van der Waals surface area (Å²) in [5.74, 6) is 1.84. The maximum absolute atomic E-state index is 12.9. The summed E-state index contributed by atoms with van der Waals surface area (Å²) in [6.45, 7) is 5.98. The number of amides is 1. The van der Waals surface area contributed by atoms with E-state index in [9.17, 15) is 4.79 Å². The van der Waals surface area contributed by atoms with E-state index in [1.54, 1.807) is 12.1 Å². The van der Waals surface area contributed by atoms with E-state index in [2.05, 4.69) is 45.5 Å². The number of para-hydroxylation sites is 1. The minimum Gasteiger partial charge on any atom is -0.459 e. The van der Waals surface area contributed by atoms with Gasteiger partial charge in [0.05, 0.1) is 11.8 Å². The second-order valence-corrected chi connectivity index (χ2v) is 8.70. The normalized spacial score (nSPS) is 16.5. The van der Waals surface area contributed by atoms with Crippen molar-refractivity contribution < 1.29 is 9.21 Å². The molecule has 1 unspecified atom stereocenters. The Bertz CT molecular complexity index is 1510. The zero-order chi connectivity index (χ0) is 23.2. The molecule has 8 nitrogen and oxygen atoms in total.